The number of hydrogen-bond acceptors (Lipinski definition) is 4. The Kier molecular flexibility index (Phi) is 7.43. The SMILES string of the molecule is CCCNCC(=O)N1CCOCC1C(=O)NCCC. The van der Waals surface area contributed by atoms with Crippen molar-refractivity contribution in [3.63, 3.8) is 0 Å². The fraction of sp³-hybridized carbons (Fsp3) is 0.846. The van der Waals surface area contributed by atoms with E-state index in [-0.39, 0.29) is 25.0 Å². The Balaban J connectivity index is 2.51. The first-order valence-corrected chi connectivity index (χ1v) is 7.06. The fourth-order valence-electron chi connectivity index (χ4n) is 1.96. The maximum atomic E-state index is 12.1. The summed E-state index contributed by atoms with van der Waals surface area (Å²) in [7, 11) is 0. The van der Waals surface area contributed by atoms with Gasteiger partial charge in [0.15, 0.2) is 0 Å². The Hall–Kier alpha value is -1.14. The van der Waals surface area contributed by atoms with Gasteiger partial charge in [0.25, 0.3) is 0 Å². The van der Waals surface area contributed by atoms with Crippen molar-refractivity contribution in [3.05, 3.63) is 0 Å². The summed E-state index contributed by atoms with van der Waals surface area (Å²) in [6, 6.07) is -0.490. The second-order valence-electron chi connectivity index (χ2n) is 4.65. The summed E-state index contributed by atoms with van der Waals surface area (Å²) in [4.78, 5) is 25.7. The maximum Gasteiger partial charge on any atom is 0.245 e. The van der Waals surface area contributed by atoms with Crippen molar-refractivity contribution in [2.45, 2.75) is 32.7 Å². The van der Waals surface area contributed by atoms with Crippen molar-refractivity contribution in [3.8, 4) is 0 Å². The highest BCUT2D eigenvalue weighted by atomic mass is 16.5. The number of morpholine rings is 1. The summed E-state index contributed by atoms with van der Waals surface area (Å²) in [6.45, 7) is 7.03. The lowest BCUT2D eigenvalue weighted by atomic mass is 10.2. The summed E-state index contributed by atoms with van der Waals surface area (Å²) >= 11 is 0. The molecule has 110 valence electrons. The summed E-state index contributed by atoms with van der Waals surface area (Å²) in [5, 5.41) is 5.89. The first kappa shape index (κ1) is 15.9. The molecule has 6 nitrogen and oxygen atoms in total. The minimum Gasteiger partial charge on any atom is -0.377 e. The third-order valence-corrected chi connectivity index (χ3v) is 3.00. The predicted octanol–water partition coefficient (Wildman–Crippen LogP) is -0.260. The summed E-state index contributed by atoms with van der Waals surface area (Å²) in [5.74, 6) is -0.154. The molecule has 0 aromatic heterocycles. The van der Waals surface area contributed by atoms with Gasteiger partial charge in [0.05, 0.1) is 19.8 Å². The molecule has 0 radical (unpaired) electrons. The highest BCUT2D eigenvalue weighted by molar-refractivity contribution is 5.88. The van der Waals surface area contributed by atoms with Gasteiger partial charge in [-0.3, -0.25) is 9.59 Å². The largest absolute Gasteiger partial charge is 0.377 e. The molecule has 1 aliphatic rings. The van der Waals surface area contributed by atoms with Crippen LogP contribution in [0.2, 0.25) is 0 Å². The van der Waals surface area contributed by atoms with Crippen LogP contribution in [-0.2, 0) is 14.3 Å². The zero-order valence-electron chi connectivity index (χ0n) is 11.9. The molecule has 1 aliphatic heterocycles. The van der Waals surface area contributed by atoms with Crippen LogP contribution in [0.5, 0.6) is 0 Å². The van der Waals surface area contributed by atoms with Gasteiger partial charge in [-0.1, -0.05) is 13.8 Å². The molecule has 1 fully saturated rings. The van der Waals surface area contributed by atoms with Crippen LogP contribution in [0.3, 0.4) is 0 Å². The minimum atomic E-state index is -0.490. The number of nitrogens with zero attached hydrogens (tertiary/aromatic N) is 1. The Morgan fingerprint density at radius 3 is 2.68 bits per heavy atom. The van der Waals surface area contributed by atoms with Gasteiger partial charge in [0.1, 0.15) is 6.04 Å². The average molecular weight is 271 g/mol. The first-order valence-electron chi connectivity index (χ1n) is 7.06. The van der Waals surface area contributed by atoms with Crippen molar-refractivity contribution in [1.29, 1.82) is 0 Å². The third-order valence-electron chi connectivity index (χ3n) is 3.00. The van der Waals surface area contributed by atoms with Crippen LogP contribution in [0.15, 0.2) is 0 Å². The van der Waals surface area contributed by atoms with Crippen LogP contribution in [0.4, 0.5) is 0 Å². The second-order valence-corrected chi connectivity index (χ2v) is 4.65. The number of amides is 2. The van der Waals surface area contributed by atoms with E-state index in [1.165, 1.54) is 0 Å². The van der Waals surface area contributed by atoms with E-state index in [0.29, 0.717) is 19.7 Å². The first-order chi connectivity index (χ1) is 9.20. The van der Waals surface area contributed by atoms with E-state index >= 15 is 0 Å². The molecule has 0 aromatic carbocycles. The topological polar surface area (TPSA) is 70.7 Å². The number of rotatable bonds is 7. The number of carbonyl (C=O) groups is 2. The third kappa shape index (κ3) is 5.16. The number of hydrogen-bond donors (Lipinski definition) is 2. The molecule has 0 saturated carbocycles. The fourth-order valence-corrected chi connectivity index (χ4v) is 1.96. The lowest BCUT2D eigenvalue weighted by molar-refractivity contribution is -0.147. The summed E-state index contributed by atoms with van der Waals surface area (Å²) in [5.41, 5.74) is 0. The number of nitrogens with one attached hydrogen (secondary N) is 2. The maximum absolute atomic E-state index is 12.1. The molecule has 1 rings (SSSR count). The Morgan fingerprint density at radius 1 is 1.26 bits per heavy atom. The van der Waals surface area contributed by atoms with Crippen molar-refractivity contribution in [2.24, 2.45) is 0 Å². The van der Waals surface area contributed by atoms with Gasteiger partial charge in [-0.15, -0.1) is 0 Å². The van der Waals surface area contributed by atoms with Crippen LogP contribution >= 0.6 is 0 Å². The van der Waals surface area contributed by atoms with Crippen molar-refractivity contribution >= 4 is 11.8 Å². The smallest absolute Gasteiger partial charge is 0.245 e. The molecule has 0 aromatic rings. The standard InChI is InChI=1S/C13H25N3O3/c1-3-5-14-9-12(17)16-7-8-19-10-11(16)13(18)15-6-4-2/h11,14H,3-10H2,1-2H3,(H,15,18). The molecule has 1 unspecified atom stereocenters. The zero-order valence-corrected chi connectivity index (χ0v) is 11.9. The molecule has 2 amide bonds. The Labute approximate surface area is 114 Å². The monoisotopic (exact) mass is 271 g/mol. The van der Waals surface area contributed by atoms with E-state index in [0.717, 1.165) is 19.4 Å². The van der Waals surface area contributed by atoms with Crippen LogP contribution in [0, 0.1) is 0 Å². The van der Waals surface area contributed by atoms with Gasteiger partial charge in [-0.05, 0) is 19.4 Å². The molecule has 6 heteroatoms. The molecule has 1 heterocycles. The molecule has 0 aliphatic carbocycles. The van der Waals surface area contributed by atoms with Gasteiger partial charge < -0.3 is 20.3 Å². The van der Waals surface area contributed by atoms with Crippen molar-refractivity contribution < 1.29 is 14.3 Å². The molecule has 1 saturated heterocycles. The Morgan fingerprint density at radius 2 is 2.00 bits per heavy atom. The lowest BCUT2D eigenvalue weighted by Crippen LogP contribution is -2.57. The van der Waals surface area contributed by atoms with E-state index < -0.39 is 6.04 Å². The van der Waals surface area contributed by atoms with Gasteiger partial charge >= 0.3 is 0 Å². The molecule has 2 N–H and O–H groups in total. The molecule has 19 heavy (non-hydrogen) atoms. The zero-order chi connectivity index (χ0) is 14.1. The van der Waals surface area contributed by atoms with Crippen molar-refractivity contribution in [1.82, 2.24) is 15.5 Å². The second kappa shape index (κ2) is 8.87. The van der Waals surface area contributed by atoms with E-state index in [1.54, 1.807) is 4.90 Å². The molecule has 0 spiro atoms. The van der Waals surface area contributed by atoms with Crippen LogP contribution < -0.4 is 10.6 Å². The highest BCUT2D eigenvalue weighted by Gasteiger charge is 2.32. The van der Waals surface area contributed by atoms with Crippen LogP contribution in [-0.4, -0.2) is 62.1 Å². The summed E-state index contributed by atoms with van der Waals surface area (Å²) < 4.78 is 5.31. The van der Waals surface area contributed by atoms with Crippen LogP contribution in [0.1, 0.15) is 26.7 Å². The Bertz CT molecular complexity index is 297. The minimum absolute atomic E-state index is 0.0339. The lowest BCUT2D eigenvalue weighted by Gasteiger charge is -2.34. The van der Waals surface area contributed by atoms with Crippen LogP contribution in [0.25, 0.3) is 0 Å². The normalized spacial score (nSPS) is 19.3. The highest BCUT2D eigenvalue weighted by Crippen LogP contribution is 2.07. The predicted molar refractivity (Wildman–Crippen MR) is 72.8 cm³/mol. The molecular weight excluding hydrogens is 246 g/mol. The van der Waals surface area contributed by atoms with Crippen molar-refractivity contribution in [2.75, 3.05) is 39.4 Å². The summed E-state index contributed by atoms with van der Waals surface area (Å²) in [6.07, 6.45) is 1.86. The van der Waals surface area contributed by atoms with Gasteiger partial charge in [-0.2, -0.15) is 0 Å². The average Bonchev–Trinajstić information content (AvgIpc) is 2.45. The van der Waals surface area contributed by atoms with E-state index in [4.69, 9.17) is 4.74 Å². The molecular formula is C13H25N3O3. The number of carbonyl (C=O) groups excluding carboxylic acids is 2. The molecule has 0 bridgehead atoms. The van der Waals surface area contributed by atoms with Gasteiger partial charge in [0, 0.05) is 13.1 Å². The van der Waals surface area contributed by atoms with Gasteiger partial charge in [-0.25, -0.2) is 0 Å². The van der Waals surface area contributed by atoms with E-state index in [2.05, 4.69) is 10.6 Å². The van der Waals surface area contributed by atoms with E-state index in [9.17, 15) is 9.59 Å². The number of ether oxygens (including phenoxy) is 1. The molecule has 1 atom stereocenters. The van der Waals surface area contributed by atoms with Gasteiger partial charge in [0.2, 0.25) is 11.8 Å². The van der Waals surface area contributed by atoms with E-state index in [1.807, 2.05) is 13.8 Å². The quantitative estimate of drug-likeness (QED) is 0.626.